The van der Waals surface area contributed by atoms with Gasteiger partial charge in [-0.25, -0.2) is 0 Å². The van der Waals surface area contributed by atoms with Crippen molar-refractivity contribution in [3.8, 4) is 11.5 Å². The molecule has 1 aliphatic rings. The van der Waals surface area contributed by atoms with E-state index in [9.17, 15) is 14.7 Å². The van der Waals surface area contributed by atoms with E-state index >= 15 is 0 Å². The molecule has 28 heavy (non-hydrogen) atoms. The topological polar surface area (TPSA) is 75.6 Å². The van der Waals surface area contributed by atoms with Gasteiger partial charge >= 0.3 is 0 Å². The third kappa shape index (κ3) is 3.61. The van der Waals surface area contributed by atoms with E-state index in [4.69, 9.17) is 4.74 Å². The molecule has 0 saturated carbocycles. The Kier molecular flexibility index (Phi) is 5.45. The van der Waals surface area contributed by atoms with E-state index in [1.807, 2.05) is 51.1 Å². The molecule has 0 spiro atoms. The number of amides is 1. The normalized spacial score (nSPS) is 19.3. The first-order valence-electron chi connectivity index (χ1n) is 9.57. The molecule has 2 atom stereocenters. The molecule has 1 heterocycles. The van der Waals surface area contributed by atoms with Crippen molar-refractivity contribution in [3.63, 3.8) is 0 Å². The Morgan fingerprint density at radius 1 is 1.21 bits per heavy atom. The summed E-state index contributed by atoms with van der Waals surface area (Å²) >= 11 is 0. The molecule has 5 nitrogen and oxygen atoms in total. The van der Waals surface area contributed by atoms with E-state index in [-0.39, 0.29) is 11.7 Å². The molecule has 1 amide bonds. The third-order valence-electron chi connectivity index (χ3n) is 5.78. The Labute approximate surface area is 165 Å². The van der Waals surface area contributed by atoms with Gasteiger partial charge in [-0.3, -0.25) is 4.79 Å². The van der Waals surface area contributed by atoms with Crippen LogP contribution in [0.5, 0.6) is 11.5 Å². The SMILES string of the molecule is Cc1c(C)c2c(c(C)c1O)CC[C@@](C)(C(=O)N[C@H](C=O)Cc1ccccc1)O2. The number of hydrogen-bond acceptors (Lipinski definition) is 4. The number of phenolic OH excluding ortho intramolecular Hbond substituents is 1. The van der Waals surface area contributed by atoms with Crippen LogP contribution in [-0.2, 0) is 22.4 Å². The van der Waals surface area contributed by atoms with Crippen LogP contribution in [0.2, 0.25) is 0 Å². The van der Waals surface area contributed by atoms with Crippen LogP contribution in [-0.4, -0.2) is 28.9 Å². The first-order chi connectivity index (χ1) is 13.3. The second kappa shape index (κ2) is 7.66. The summed E-state index contributed by atoms with van der Waals surface area (Å²) in [5, 5.41) is 13.1. The zero-order valence-electron chi connectivity index (χ0n) is 16.8. The zero-order valence-corrected chi connectivity index (χ0v) is 16.8. The van der Waals surface area contributed by atoms with Crippen LogP contribution in [0.25, 0.3) is 0 Å². The average Bonchev–Trinajstić information content (AvgIpc) is 2.70. The minimum atomic E-state index is -1.06. The standard InChI is InChI=1S/C23H27NO4/c1-14-15(2)21-19(16(3)20(14)26)10-11-23(4,28-21)22(27)24-18(13-25)12-17-8-6-5-7-9-17/h5-9,13,18,26H,10-12H2,1-4H3,(H,24,27)/t18-,23-/m0/s1. The number of hydrogen-bond donors (Lipinski definition) is 2. The van der Waals surface area contributed by atoms with Gasteiger partial charge in [-0.2, -0.15) is 0 Å². The summed E-state index contributed by atoms with van der Waals surface area (Å²) in [4.78, 5) is 24.5. The van der Waals surface area contributed by atoms with E-state index in [2.05, 4.69) is 5.32 Å². The molecular weight excluding hydrogens is 354 g/mol. The Morgan fingerprint density at radius 3 is 2.54 bits per heavy atom. The average molecular weight is 381 g/mol. The first-order valence-corrected chi connectivity index (χ1v) is 9.57. The summed E-state index contributed by atoms with van der Waals surface area (Å²) in [7, 11) is 0. The molecule has 0 radical (unpaired) electrons. The smallest absolute Gasteiger partial charge is 0.264 e. The van der Waals surface area contributed by atoms with E-state index in [0.29, 0.717) is 25.0 Å². The first kappa shape index (κ1) is 19.9. The van der Waals surface area contributed by atoms with Gasteiger partial charge < -0.3 is 20.0 Å². The fourth-order valence-electron chi connectivity index (χ4n) is 3.73. The number of carbonyl (C=O) groups is 2. The van der Waals surface area contributed by atoms with Crippen LogP contribution in [0.1, 0.15) is 41.2 Å². The van der Waals surface area contributed by atoms with E-state index < -0.39 is 11.6 Å². The minimum absolute atomic E-state index is 0.289. The summed E-state index contributed by atoms with van der Waals surface area (Å²) in [6, 6.07) is 8.98. The number of fused-ring (bicyclic) bond motifs is 1. The van der Waals surface area contributed by atoms with Crippen molar-refractivity contribution in [3.05, 3.63) is 58.1 Å². The number of aromatic hydroxyl groups is 1. The van der Waals surface area contributed by atoms with Gasteiger partial charge in [0, 0.05) is 12.0 Å². The molecule has 148 valence electrons. The quantitative estimate of drug-likeness (QED) is 0.779. The lowest BCUT2D eigenvalue weighted by Gasteiger charge is -2.37. The molecule has 1 aliphatic heterocycles. The third-order valence-corrected chi connectivity index (χ3v) is 5.78. The maximum atomic E-state index is 13.0. The number of phenols is 1. The van der Waals surface area contributed by atoms with Crippen molar-refractivity contribution in [2.45, 2.75) is 58.6 Å². The lowest BCUT2D eigenvalue weighted by molar-refractivity contribution is -0.138. The molecule has 0 unspecified atom stereocenters. The monoisotopic (exact) mass is 381 g/mol. The predicted octanol–water partition coefficient (Wildman–Crippen LogP) is 3.33. The Morgan fingerprint density at radius 2 is 1.89 bits per heavy atom. The number of aldehydes is 1. The van der Waals surface area contributed by atoms with Crippen molar-refractivity contribution in [1.82, 2.24) is 5.32 Å². The highest BCUT2D eigenvalue weighted by molar-refractivity contribution is 5.88. The van der Waals surface area contributed by atoms with Crippen LogP contribution in [0.15, 0.2) is 30.3 Å². The molecule has 2 aromatic rings. The van der Waals surface area contributed by atoms with E-state index in [1.54, 1.807) is 6.92 Å². The molecule has 0 aliphatic carbocycles. The van der Waals surface area contributed by atoms with Crippen LogP contribution >= 0.6 is 0 Å². The van der Waals surface area contributed by atoms with Crippen molar-refractivity contribution in [2.24, 2.45) is 0 Å². The fourth-order valence-corrected chi connectivity index (χ4v) is 3.73. The van der Waals surface area contributed by atoms with Gasteiger partial charge in [0.2, 0.25) is 0 Å². The summed E-state index contributed by atoms with van der Waals surface area (Å²) in [5.74, 6) is 0.660. The molecule has 0 aromatic heterocycles. The summed E-state index contributed by atoms with van der Waals surface area (Å²) < 4.78 is 6.19. The van der Waals surface area contributed by atoms with Gasteiger partial charge in [0.25, 0.3) is 5.91 Å². The second-order valence-corrected chi connectivity index (χ2v) is 7.77. The molecule has 5 heteroatoms. The summed E-state index contributed by atoms with van der Waals surface area (Å²) in [5.41, 5.74) is 3.27. The van der Waals surface area contributed by atoms with Gasteiger partial charge in [-0.1, -0.05) is 30.3 Å². The Hall–Kier alpha value is -2.82. The van der Waals surface area contributed by atoms with Crippen LogP contribution in [0.4, 0.5) is 0 Å². The predicted molar refractivity (Wildman–Crippen MR) is 108 cm³/mol. The number of carbonyl (C=O) groups excluding carboxylic acids is 2. The van der Waals surface area contributed by atoms with E-state index in [1.165, 1.54) is 0 Å². The number of ether oxygens (including phenoxy) is 1. The largest absolute Gasteiger partial charge is 0.507 e. The molecule has 2 aromatic carbocycles. The zero-order chi connectivity index (χ0) is 20.5. The van der Waals surface area contributed by atoms with Crippen molar-refractivity contribution in [1.29, 1.82) is 0 Å². The van der Waals surface area contributed by atoms with E-state index in [0.717, 1.165) is 34.1 Å². The lowest BCUT2D eigenvalue weighted by atomic mass is 9.86. The number of rotatable bonds is 5. The highest BCUT2D eigenvalue weighted by Crippen LogP contribution is 2.43. The summed E-state index contributed by atoms with van der Waals surface area (Å²) in [6.07, 6.45) is 2.31. The van der Waals surface area contributed by atoms with Gasteiger partial charge in [0.05, 0.1) is 6.04 Å². The lowest BCUT2D eigenvalue weighted by Crippen LogP contribution is -2.54. The number of benzene rings is 2. The molecular formula is C23H27NO4. The van der Waals surface area contributed by atoms with Crippen LogP contribution in [0, 0.1) is 20.8 Å². The van der Waals surface area contributed by atoms with Gasteiger partial charge in [-0.15, -0.1) is 0 Å². The highest BCUT2D eigenvalue weighted by Gasteiger charge is 2.41. The van der Waals surface area contributed by atoms with Gasteiger partial charge in [-0.05, 0) is 62.8 Å². The van der Waals surface area contributed by atoms with Crippen molar-refractivity contribution >= 4 is 12.2 Å². The van der Waals surface area contributed by atoms with Crippen molar-refractivity contribution in [2.75, 3.05) is 0 Å². The second-order valence-electron chi connectivity index (χ2n) is 7.77. The van der Waals surface area contributed by atoms with Crippen LogP contribution in [0.3, 0.4) is 0 Å². The maximum absolute atomic E-state index is 13.0. The maximum Gasteiger partial charge on any atom is 0.264 e. The highest BCUT2D eigenvalue weighted by atomic mass is 16.5. The molecule has 3 rings (SSSR count). The molecule has 0 saturated heterocycles. The molecule has 2 N–H and O–H groups in total. The Bertz CT molecular complexity index is 907. The van der Waals surface area contributed by atoms with Crippen molar-refractivity contribution < 1.29 is 19.4 Å². The fraction of sp³-hybridized carbons (Fsp3) is 0.391. The van der Waals surface area contributed by atoms with Crippen LogP contribution < -0.4 is 10.1 Å². The molecule has 0 bridgehead atoms. The molecule has 0 fully saturated rings. The van der Waals surface area contributed by atoms with Gasteiger partial charge in [0.15, 0.2) is 5.60 Å². The number of nitrogens with one attached hydrogen (secondary N) is 1. The summed E-state index contributed by atoms with van der Waals surface area (Å²) in [6.45, 7) is 7.36. The Balaban J connectivity index is 1.80. The van der Waals surface area contributed by atoms with Gasteiger partial charge in [0.1, 0.15) is 17.8 Å². The minimum Gasteiger partial charge on any atom is -0.507 e.